The van der Waals surface area contributed by atoms with E-state index in [-0.39, 0.29) is 42.1 Å². The van der Waals surface area contributed by atoms with Crippen molar-refractivity contribution >= 4 is 52.5 Å². The lowest BCUT2D eigenvalue weighted by Gasteiger charge is -2.50. The third kappa shape index (κ3) is 4.80. The Labute approximate surface area is 299 Å². The van der Waals surface area contributed by atoms with Crippen molar-refractivity contribution in [2.24, 2.45) is 17.8 Å². The van der Waals surface area contributed by atoms with Crippen LogP contribution in [-0.2, 0) is 25.7 Å². The second-order valence-electron chi connectivity index (χ2n) is 14.3. The van der Waals surface area contributed by atoms with Crippen LogP contribution < -0.4 is 4.90 Å². The van der Waals surface area contributed by atoms with E-state index in [9.17, 15) is 28.7 Å². The van der Waals surface area contributed by atoms with Crippen LogP contribution in [0.1, 0.15) is 48.3 Å². The number of nitrogens with zero attached hydrogens (tertiary/aromatic N) is 3. The number of benzene rings is 3. The Kier molecular flexibility index (Phi) is 7.97. The number of carbonyl (C=O) groups is 4. The van der Waals surface area contributed by atoms with Crippen LogP contribution in [0.4, 0.5) is 10.1 Å². The molecule has 6 atom stereocenters. The van der Waals surface area contributed by atoms with Crippen molar-refractivity contribution < 1.29 is 28.7 Å². The van der Waals surface area contributed by atoms with Gasteiger partial charge in [-0.05, 0) is 85.5 Å². The summed E-state index contributed by atoms with van der Waals surface area (Å²) in [6.45, 7) is 4.01. The van der Waals surface area contributed by atoms with Crippen molar-refractivity contribution in [1.82, 2.24) is 9.80 Å². The van der Waals surface area contributed by atoms with E-state index in [1.165, 1.54) is 28.7 Å². The Morgan fingerprint density at radius 2 is 1.58 bits per heavy atom. The van der Waals surface area contributed by atoms with Crippen LogP contribution in [0, 0.1) is 30.5 Å². The minimum absolute atomic E-state index is 0.0448. The molecule has 0 bridgehead atoms. The highest BCUT2D eigenvalue weighted by Gasteiger charge is 2.76. The minimum atomic E-state index is -2.02. The zero-order chi connectivity index (χ0) is 35.1. The van der Waals surface area contributed by atoms with Crippen LogP contribution >= 0.6 is 23.2 Å². The molecule has 0 radical (unpaired) electrons. The lowest BCUT2D eigenvalue weighted by atomic mass is 9.56. The average Bonchev–Trinajstić information content (AvgIpc) is 3.45. The van der Waals surface area contributed by atoms with Gasteiger partial charge in [-0.15, -0.1) is 23.2 Å². The van der Waals surface area contributed by atoms with E-state index in [2.05, 4.69) is 17.0 Å². The fraction of sp³-hybridized carbons (Fsp3) is 0.385. The molecule has 3 heterocycles. The molecule has 2 aliphatic carbocycles. The number of aromatic hydroxyl groups is 1. The third-order valence-corrected chi connectivity index (χ3v) is 13.1. The zero-order valence-corrected chi connectivity index (χ0v) is 28.9. The van der Waals surface area contributed by atoms with Gasteiger partial charge < -0.3 is 5.11 Å². The molecule has 3 aliphatic heterocycles. The van der Waals surface area contributed by atoms with Crippen LogP contribution in [0.3, 0.4) is 0 Å². The quantitative estimate of drug-likeness (QED) is 0.196. The number of fused-ring (bicyclic) bond motifs is 4. The van der Waals surface area contributed by atoms with E-state index in [0.717, 1.165) is 36.7 Å². The largest absolute Gasteiger partial charge is 0.508 e. The van der Waals surface area contributed by atoms with E-state index in [1.54, 1.807) is 19.1 Å². The first kappa shape index (κ1) is 33.1. The smallest absolute Gasteiger partial charge is 0.258 e. The molecule has 0 unspecified atom stereocenters. The van der Waals surface area contributed by atoms with Crippen molar-refractivity contribution in [2.45, 2.75) is 60.9 Å². The molecule has 5 aliphatic rings. The lowest BCUT2D eigenvalue weighted by molar-refractivity contribution is -0.144. The summed E-state index contributed by atoms with van der Waals surface area (Å²) in [6.07, 6.45) is 3.38. The van der Waals surface area contributed by atoms with Gasteiger partial charge in [-0.3, -0.25) is 29.0 Å². The molecular formula is C39H36Cl2FN3O5. The highest BCUT2D eigenvalue weighted by molar-refractivity contribution is 6.58. The number of rotatable bonds is 5. The number of piperidine rings is 1. The summed E-state index contributed by atoms with van der Waals surface area (Å²) in [5, 5.41) is 10.4. The first-order chi connectivity index (χ1) is 23.9. The van der Waals surface area contributed by atoms with Gasteiger partial charge in [0.1, 0.15) is 11.6 Å². The summed E-state index contributed by atoms with van der Waals surface area (Å²) in [5.74, 6) is -5.48. The average molecular weight is 717 g/mol. The van der Waals surface area contributed by atoms with E-state index < -0.39 is 51.1 Å². The van der Waals surface area contributed by atoms with Gasteiger partial charge in [0.05, 0.1) is 17.5 Å². The number of aryl methyl sites for hydroxylation is 1. The fourth-order valence-electron chi connectivity index (χ4n) is 9.19. The van der Waals surface area contributed by atoms with Crippen LogP contribution in [0.2, 0.25) is 0 Å². The Bertz CT molecular complexity index is 1950. The van der Waals surface area contributed by atoms with Crippen molar-refractivity contribution in [3.8, 4) is 5.75 Å². The number of alkyl halides is 2. The van der Waals surface area contributed by atoms with E-state index >= 15 is 0 Å². The number of hydrogen-bond donors (Lipinski definition) is 1. The molecule has 8 nitrogen and oxygen atoms in total. The predicted molar refractivity (Wildman–Crippen MR) is 186 cm³/mol. The summed E-state index contributed by atoms with van der Waals surface area (Å²) < 4.78 is 13.9. The first-order valence-corrected chi connectivity index (χ1v) is 17.8. The van der Waals surface area contributed by atoms with Crippen molar-refractivity contribution in [2.75, 3.05) is 18.0 Å². The van der Waals surface area contributed by atoms with Gasteiger partial charge in [-0.1, -0.05) is 54.1 Å². The highest BCUT2D eigenvalue weighted by atomic mass is 35.5. The summed E-state index contributed by atoms with van der Waals surface area (Å²) in [6, 6.07) is 19.8. The molecule has 1 N–H and O–H groups in total. The number of anilines is 1. The standard InChI is InChI=1S/C39H36Cl2FN3O5/c1-22-19-24(7-14-31(22)46)33-28-12-13-29-32(35(48)44(34(29)47)27-15-17-43(18-16-27)21-23-5-3-2-4-6-23)30(28)20-38(40)36(49)45(37(50)39(33,38)41)26-10-8-25(42)9-11-26/h2-12,14,19,27,29-30,32-33,46H,13,15-18,20-21H2,1H3/t29-,30+,32-,33-,38+,39-/m0/s1. The second-order valence-corrected chi connectivity index (χ2v) is 15.6. The maximum absolute atomic E-state index is 14.5. The Hall–Kier alpha value is -4.05. The summed E-state index contributed by atoms with van der Waals surface area (Å²) in [4.78, 5) is 58.2. The maximum Gasteiger partial charge on any atom is 0.258 e. The van der Waals surface area contributed by atoms with Crippen molar-refractivity contribution in [3.63, 3.8) is 0 Å². The molecule has 11 heteroatoms. The van der Waals surface area contributed by atoms with Gasteiger partial charge in [-0.2, -0.15) is 0 Å². The number of hydrogen-bond acceptors (Lipinski definition) is 6. The molecule has 3 saturated heterocycles. The molecule has 3 aromatic rings. The number of phenols is 1. The van der Waals surface area contributed by atoms with E-state index in [1.807, 2.05) is 24.3 Å². The molecular weight excluding hydrogens is 680 g/mol. The monoisotopic (exact) mass is 715 g/mol. The number of phenolic OH excluding ortho intramolecular Hbond substituents is 1. The third-order valence-electron chi connectivity index (χ3n) is 11.7. The number of amides is 4. The normalized spacial score (nSPS) is 31.5. The molecule has 3 aromatic carbocycles. The number of carbonyl (C=O) groups excluding carboxylic acids is 4. The molecule has 258 valence electrons. The van der Waals surface area contributed by atoms with E-state index in [4.69, 9.17) is 23.2 Å². The first-order valence-electron chi connectivity index (χ1n) is 17.1. The van der Waals surface area contributed by atoms with Gasteiger partial charge in [0, 0.05) is 31.6 Å². The SMILES string of the molecule is Cc1cc([C@H]2C3=CC[C@@H]4C(=O)N(C5CCN(Cc6ccccc6)CC5)C(=O)[C@@H]4[C@@H]3C[C@@]3(Cl)C(=O)N(c4ccc(F)cc4)C(=O)[C@@]23Cl)ccc1O. The van der Waals surface area contributed by atoms with Crippen LogP contribution in [0.5, 0.6) is 5.75 Å². The maximum atomic E-state index is 14.5. The van der Waals surface area contributed by atoms with Gasteiger partial charge in [0.2, 0.25) is 11.8 Å². The van der Waals surface area contributed by atoms with Crippen molar-refractivity contribution in [1.29, 1.82) is 0 Å². The van der Waals surface area contributed by atoms with Crippen LogP contribution in [-0.4, -0.2) is 67.4 Å². The second kappa shape index (κ2) is 12.0. The Morgan fingerprint density at radius 1 is 0.880 bits per heavy atom. The topological polar surface area (TPSA) is 98.2 Å². The fourth-order valence-corrected chi connectivity index (χ4v) is 10.1. The van der Waals surface area contributed by atoms with Gasteiger partial charge in [0.15, 0.2) is 9.75 Å². The van der Waals surface area contributed by atoms with Crippen molar-refractivity contribution in [3.05, 3.63) is 107 Å². The molecule has 8 rings (SSSR count). The van der Waals surface area contributed by atoms with Crippen LogP contribution in [0.25, 0.3) is 0 Å². The Morgan fingerprint density at radius 3 is 2.26 bits per heavy atom. The number of allylic oxidation sites excluding steroid dienone is 2. The number of halogens is 3. The molecule has 1 saturated carbocycles. The minimum Gasteiger partial charge on any atom is -0.508 e. The number of likely N-dealkylation sites (tertiary alicyclic amines) is 2. The molecule has 4 fully saturated rings. The highest BCUT2D eigenvalue weighted by Crippen LogP contribution is 2.66. The summed E-state index contributed by atoms with van der Waals surface area (Å²) in [7, 11) is 0. The molecule has 0 aromatic heterocycles. The molecule has 50 heavy (non-hydrogen) atoms. The van der Waals surface area contributed by atoms with Gasteiger partial charge in [0.25, 0.3) is 11.8 Å². The lowest BCUT2D eigenvalue weighted by Crippen LogP contribution is -2.60. The molecule has 4 amide bonds. The van der Waals surface area contributed by atoms with E-state index in [0.29, 0.717) is 29.5 Å². The van der Waals surface area contributed by atoms with Gasteiger partial charge in [-0.25, -0.2) is 9.29 Å². The van der Waals surface area contributed by atoms with Crippen LogP contribution in [0.15, 0.2) is 84.4 Å². The predicted octanol–water partition coefficient (Wildman–Crippen LogP) is 6.07. The summed E-state index contributed by atoms with van der Waals surface area (Å²) >= 11 is 14.9. The summed E-state index contributed by atoms with van der Waals surface area (Å²) in [5.41, 5.74) is 3.11. The van der Waals surface area contributed by atoms with Gasteiger partial charge >= 0.3 is 0 Å². The number of imide groups is 2. The zero-order valence-electron chi connectivity index (χ0n) is 27.4. The molecule has 0 spiro atoms. The Balaban J connectivity index is 1.15.